The molecular weight excluding hydrogens is 451 g/mol. The molecule has 3 heterocycles. The Hall–Kier alpha value is -3.03. The van der Waals surface area contributed by atoms with Crippen molar-refractivity contribution in [2.75, 3.05) is 0 Å². The van der Waals surface area contributed by atoms with E-state index in [1.54, 1.807) is 6.92 Å². The highest BCUT2D eigenvalue weighted by molar-refractivity contribution is 5.82. The lowest BCUT2D eigenvalue weighted by atomic mass is 10.1. The van der Waals surface area contributed by atoms with E-state index in [1.807, 2.05) is 0 Å². The van der Waals surface area contributed by atoms with Crippen molar-refractivity contribution in [2.24, 2.45) is 0 Å². The van der Waals surface area contributed by atoms with Gasteiger partial charge in [-0.1, -0.05) is 0 Å². The maximum atomic E-state index is 13.6. The second-order valence-corrected chi connectivity index (χ2v) is 7.00. The summed E-state index contributed by atoms with van der Waals surface area (Å²) in [5.74, 6) is -2.74. The molecule has 1 saturated heterocycles. The summed E-state index contributed by atoms with van der Waals surface area (Å²) in [4.78, 5) is 22.4. The molecule has 2 aromatic heterocycles. The van der Waals surface area contributed by atoms with E-state index in [2.05, 4.69) is 30.3 Å². The number of carbonyl (C=O) groups excluding carboxylic acids is 1. The molecule has 3 rings (SSSR count). The minimum atomic E-state index is -5.05. The van der Waals surface area contributed by atoms with Gasteiger partial charge in [0.25, 0.3) is 0 Å². The third kappa shape index (κ3) is 5.81. The number of nitrogens with one attached hydrogen (secondary N) is 2. The van der Waals surface area contributed by atoms with Crippen molar-refractivity contribution in [3.8, 4) is 17.0 Å². The van der Waals surface area contributed by atoms with Crippen LogP contribution in [-0.2, 0) is 17.5 Å². The molecule has 1 aliphatic heterocycles. The Balaban J connectivity index is 1.82. The minimum Gasteiger partial charge on any atom is -0.404 e. The predicted octanol–water partition coefficient (Wildman–Crippen LogP) is 3.16. The van der Waals surface area contributed by atoms with Gasteiger partial charge in [0, 0.05) is 42.5 Å². The first-order valence-electron chi connectivity index (χ1n) is 9.15. The van der Waals surface area contributed by atoms with Crippen LogP contribution in [0.25, 0.3) is 11.3 Å². The zero-order valence-electron chi connectivity index (χ0n) is 16.3. The number of ether oxygens (including phenoxy) is 1. The number of hydrogen-bond acceptors (Lipinski definition) is 6. The van der Waals surface area contributed by atoms with Gasteiger partial charge in [-0.25, -0.2) is 14.4 Å². The Kier molecular flexibility index (Phi) is 6.53. The Labute approximate surface area is 176 Å². The average Bonchev–Trinajstić information content (AvgIpc) is 3.04. The Morgan fingerprint density at radius 2 is 1.81 bits per heavy atom. The number of pyridine rings is 1. The van der Waals surface area contributed by atoms with E-state index in [0.29, 0.717) is 0 Å². The molecule has 1 aliphatic rings. The molecule has 2 aromatic rings. The molecule has 2 N–H and O–H groups in total. The fraction of sp³-hybridized carbons (Fsp3) is 0.444. The zero-order valence-corrected chi connectivity index (χ0v) is 16.3. The summed E-state index contributed by atoms with van der Waals surface area (Å²) in [5, 5.41) is 5.12. The van der Waals surface area contributed by atoms with Gasteiger partial charge in [-0.3, -0.25) is 9.78 Å². The summed E-state index contributed by atoms with van der Waals surface area (Å²) in [6, 6.07) is -0.325. The van der Waals surface area contributed by atoms with Gasteiger partial charge in [0.15, 0.2) is 5.75 Å². The van der Waals surface area contributed by atoms with Crippen molar-refractivity contribution < 1.29 is 40.3 Å². The smallest absolute Gasteiger partial charge is 0.404 e. The van der Waals surface area contributed by atoms with Crippen LogP contribution in [0.3, 0.4) is 0 Å². The SMILES string of the molecule is C[C@@H]1N[C@H](C(=O)NCc2cc(-c3cnc(C(F)(F)F)nc3)ncc2OC(F)(F)F)C[C@H]1F. The van der Waals surface area contributed by atoms with E-state index in [0.717, 1.165) is 24.7 Å². The van der Waals surface area contributed by atoms with Crippen LogP contribution in [0.4, 0.5) is 30.7 Å². The Bertz CT molecular complexity index is 956. The number of carbonyl (C=O) groups is 1. The summed E-state index contributed by atoms with van der Waals surface area (Å²) in [7, 11) is 0. The molecule has 0 bridgehead atoms. The van der Waals surface area contributed by atoms with Gasteiger partial charge in [0.1, 0.15) is 6.17 Å². The molecule has 0 radical (unpaired) electrons. The van der Waals surface area contributed by atoms with Crippen LogP contribution >= 0.6 is 0 Å². The van der Waals surface area contributed by atoms with Crippen molar-refractivity contribution in [3.05, 3.63) is 36.0 Å². The predicted molar refractivity (Wildman–Crippen MR) is 94.7 cm³/mol. The molecule has 0 aromatic carbocycles. The molecule has 0 unspecified atom stereocenters. The van der Waals surface area contributed by atoms with Crippen LogP contribution in [0.15, 0.2) is 24.7 Å². The first-order valence-corrected chi connectivity index (χ1v) is 9.15. The lowest BCUT2D eigenvalue weighted by Gasteiger charge is -2.16. The quantitative estimate of drug-likeness (QED) is 0.657. The maximum absolute atomic E-state index is 13.6. The Morgan fingerprint density at radius 1 is 1.16 bits per heavy atom. The number of amides is 1. The van der Waals surface area contributed by atoms with E-state index in [4.69, 9.17) is 0 Å². The molecule has 7 nitrogen and oxygen atoms in total. The van der Waals surface area contributed by atoms with Crippen LogP contribution in [0.2, 0.25) is 0 Å². The summed E-state index contributed by atoms with van der Waals surface area (Å²) in [5.41, 5.74) is -0.215. The van der Waals surface area contributed by atoms with Crippen molar-refractivity contribution in [1.82, 2.24) is 25.6 Å². The fourth-order valence-corrected chi connectivity index (χ4v) is 3.01. The molecule has 0 saturated carbocycles. The zero-order chi connectivity index (χ0) is 23.7. The second-order valence-electron chi connectivity index (χ2n) is 7.00. The van der Waals surface area contributed by atoms with E-state index in [9.17, 15) is 35.5 Å². The first kappa shape index (κ1) is 23.6. The van der Waals surface area contributed by atoms with E-state index in [-0.39, 0.29) is 23.2 Å². The van der Waals surface area contributed by atoms with Crippen LogP contribution in [0.1, 0.15) is 24.7 Å². The monoisotopic (exact) mass is 467 g/mol. The highest BCUT2D eigenvalue weighted by Gasteiger charge is 2.36. The lowest BCUT2D eigenvalue weighted by Crippen LogP contribution is -2.42. The minimum absolute atomic E-state index is 0.00399. The summed E-state index contributed by atoms with van der Waals surface area (Å²) in [6.45, 7) is 1.11. The lowest BCUT2D eigenvalue weighted by molar-refractivity contribution is -0.275. The van der Waals surface area contributed by atoms with Crippen LogP contribution in [0, 0.1) is 0 Å². The maximum Gasteiger partial charge on any atom is 0.573 e. The van der Waals surface area contributed by atoms with E-state index in [1.165, 1.54) is 0 Å². The van der Waals surface area contributed by atoms with Crippen molar-refractivity contribution in [1.29, 1.82) is 0 Å². The van der Waals surface area contributed by atoms with Gasteiger partial charge in [0.05, 0.1) is 17.9 Å². The first-order chi connectivity index (χ1) is 14.8. The van der Waals surface area contributed by atoms with Crippen molar-refractivity contribution >= 4 is 5.91 Å². The summed E-state index contributed by atoms with van der Waals surface area (Å²) >= 11 is 0. The largest absolute Gasteiger partial charge is 0.573 e. The van der Waals surface area contributed by atoms with Gasteiger partial charge in [-0.2, -0.15) is 13.2 Å². The van der Waals surface area contributed by atoms with E-state index >= 15 is 0 Å². The molecule has 14 heteroatoms. The molecular formula is C18H16F7N5O2. The number of alkyl halides is 7. The molecule has 0 aliphatic carbocycles. The molecule has 1 fully saturated rings. The molecule has 1 amide bonds. The third-order valence-electron chi connectivity index (χ3n) is 4.61. The van der Waals surface area contributed by atoms with Crippen LogP contribution in [-0.4, -0.2) is 45.5 Å². The van der Waals surface area contributed by atoms with Crippen molar-refractivity contribution in [3.63, 3.8) is 0 Å². The number of hydrogen-bond donors (Lipinski definition) is 2. The Morgan fingerprint density at radius 3 is 2.34 bits per heavy atom. The standard InChI is InChI=1S/C18H16F7N5O2/c1-8-11(19)3-13(30-8)15(31)27-4-9-2-12(26-7-14(9)32-18(23,24)25)10-5-28-16(29-6-10)17(20,21)22/h2,5-8,11,13,30H,3-4H2,1H3,(H,27,31)/t8-,11+,13-/m0/s1. The highest BCUT2D eigenvalue weighted by atomic mass is 19.4. The summed E-state index contributed by atoms with van der Waals surface area (Å²) in [6.07, 6.45) is -8.81. The normalized spacial score (nSPS) is 21.4. The van der Waals surface area contributed by atoms with Crippen molar-refractivity contribution in [2.45, 2.75) is 50.7 Å². The summed E-state index contributed by atoms with van der Waals surface area (Å²) < 4.78 is 93.5. The fourth-order valence-electron chi connectivity index (χ4n) is 3.01. The third-order valence-corrected chi connectivity index (χ3v) is 4.61. The number of halogens is 7. The van der Waals surface area contributed by atoms with Gasteiger partial charge >= 0.3 is 12.5 Å². The molecule has 174 valence electrons. The van der Waals surface area contributed by atoms with E-state index < -0.39 is 54.8 Å². The number of nitrogens with zero attached hydrogens (tertiary/aromatic N) is 3. The molecule has 0 spiro atoms. The van der Waals surface area contributed by atoms with Gasteiger partial charge in [-0.05, 0) is 13.0 Å². The number of aromatic nitrogens is 3. The molecule has 3 atom stereocenters. The topological polar surface area (TPSA) is 89.0 Å². The number of rotatable bonds is 5. The highest BCUT2D eigenvalue weighted by Crippen LogP contribution is 2.30. The average molecular weight is 467 g/mol. The van der Waals surface area contributed by atoms with Gasteiger partial charge in [0.2, 0.25) is 11.7 Å². The second kappa shape index (κ2) is 8.84. The van der Waals surface area contributed by atoms with Crippen LogP contribution < -0.4 is 15.4 Å². The van der Waals surface area contributed by atoms with Gasteiger partial charge in [-0.15, -0.1) is 13.2 Å². The van der Waals surface area contributed by atoms with Crippen LogP contribution in [0.5, 0.6) is 5.75 Å². The molecule has 32 heavy (non-hydrogen) atoms. The van der Waals surface area contributed by atoms with Gasteiger partial charge < -0.3 is 15.4 Å².